The fourth-order valence-electron chi connectivity index (χ4n) is 0.482. The lowest BCUT2D eigenvalue weighted by Crippen LogP contribution is -2.25. The van der Waals surface area contributed by atoms with Crippen LogP contribution >= 0.6 is 0 Å². The molecule has 0 aromatic carbocycles. The molecule has 1 radical (unpaired) electrons. The van der Waals surface area contributed by atoms with Gasteiger partial charge in [-0.15, -0.1) is 0 Å². The molecule has 9 heavy (non-hydrogen) atoms. The Labute approximate surface area is 56.5 Å². The van der Waals surface area contributed by atoms with E-state index in [1.807, 2.05) is 0 Å². The molecule has 0 spiro atoms. The minimum Gasteiger partial charge on any atom is -0.216 e. The summed E-state index contributed by atoms with van der Waals surface area (Å²) >= 11 is 0. The van der Waals surface area contributed by atoms with Gasteiger partial charge in [-0.3, -0.25) is 0 Å². The van der Waals surface area contributed by atoms with Crippen molar-refractivity contribution in [2.24, 2.45) is 0 Å². The summed E-state index contributed by atoms with van der Waals surface area (Å²) in [6, 6.07) is 0. The van der Waals surface area contributed by atoms with Crippen molar-refractivity contribution in [3.63, 3.8) is 0 Å². The molecule has 0 aliphatic rings. The van der Waals surface area contributed by atoms with Crippen LogP contribution in [-0.4, -0.2) is 20.7 Å². The summed E-state index contributed by atoms with van der Waals surface area (Å²) in [5, 5.41) is 0. The first-order valence-electron chi connectivity index (χ1n) is 2.89. The molecule has 3 nitrogen and oxygen atoms in total. The molecule has 55 valence electrons. The fraction of sp³-hybridized carbons (Fsp3) is 0.800. The second-order valence-corrected chi connectivity index (χ2v) is 3.60. The van der Waals surface area contributed by atoms with Gasteiger partial charge in [0.05, 0.1) is 5.75 Å². The van der Waals surface area contributed by atoms with Gasteiger partial charge >= 0.3 is 0 Å². The Morgan fingerprint density at radius 3 is 2.44 bits per heavy atom. The first kappa shape index (κ1) is 8.91. The van der Waals surface area contributed by atoms with Crippen LogP contribution in [0.25, 0.3) is 0 Å². The largest absolute Gasteiger partial charge is 0.216 e. The van der Waals surface area contributed by atoms with Gasteiger partial charge in [-0.05, 0) is 6.42 Å². The Hall–Kier alpha value is -0.0900. The Balaban J connectivity index is 3.73. The minimum absolute atomic E-state index is 0.126. The highest BCUT2D eigenvalue weighted by Gasteiger charge is 2.03. The smallest absolute Gasteiger partial charge is 0.211 e. The molecule has 0 aromatic heterocycles. The summed E-state index contributed by atoms with van der Waals surface area (Å²) in [7, 11) is -2.99. The number of nitrogens with one attached hydrogen (secondary N) is 1. The molecule has 0 rings (SSSR count). The molecule has 0 aliphatic carbocycles. The summed E-state index contributed by atoms with van der Waals surface area (Å²) in [4.78, 5) is 0. The molecule has 0 saturated heterocycles. The summed E-state index contributed by atoms with van der Waals surface area (Å²) in [5.41, 5.74) is 0. The van der Waals surface area contributed by atoms with Crippen molar-refractivity contribution in [2.75, 3.05) is 12.3 Å². The molecule has 0 bridgehead atoms. The van der Waals surface area contributed by atoms with Crippen LogP contribution < -0.4 is 4.72 Å². The van der Waals surface area contributed by atoms with Gasteiger partial charge in [0.25, 0.3) is 0 Å². The van der Waals surface area contributed by atoms with Gasteiger partial charge in [0.15, 0.2) is 0 Å². The van der Waals surface area contributed by atoms with Crippen LogP contribution in [0.1, 0.15) is 13.3 Å². The molecule has 0 aliphatic heterocycles. The van der Waals surface area contributed by atoms with Gasteiger partial charge in [0, 0.05) is 6.54 Å². The summed E-state index contributed by atoms with van der Waals surface area (Å²) < 4.78 is 23.7. The van der Waals surface area contributed by atoms with E-state index >= 15 is 0 Å². The maximum atomic E-state index is 10.7. The molecule has 0 aromatic rings. The first-order valence-corrected chi connectivity index (χ1v) is 4.54. The monoisotopic (exact) mass is 150 g/mol. The van der Waals surface area contributed by atoms with E-state index in [2.05, 4.69) is 11.6 Å². The third kappa shape index (κ3) is 4.42. The molecule has 0 unspecified atom stereocenters. The van der Waals surface area contributed by atoms with Gasteiger partial charge in [-0.2, -0.15) is 0 Å². The van der Waals surface area contributed by atoms with Gasteiger partial charge in [0.2, 0.25) is 10.0 Å². The lowest BCUT2D eigenvalue weighted by Gasteiger charge is -1.99. The minimum atomic E-state index is -2.99. The van der Waals surface area contributed by atoms with Crippen LogP contribution in [0.3, 0.4) is 0 Å². The van der Waals surface area contributed by atoms with Crippen molar-refractivity contribution in [3.05, 3.63) is 6.92 Å². The number of hydrogen-bond acceptors (Lipinski definition) is 2. The topological polar surface area (TPSA) is 46.2 Å². The van der Waals surface area contributed by atoms with Crippen LogP contribution in [0.15, 0.2) is 0 Å². The fourth-order valence-corrected chi connectivity index (χ4v) is 1.45. The Morgan fingerprint density at radius 1 is 1.56 bits per heavy atom. The lowest BCUT2D eigenvalue weighted by molar-refractivity contribution is 0.583. The van der Waals surface area contributed by atoms with Crippen molar-refractivity contribution in [2.45, 2.75) is 13.3 Å². The number of sulfonamides is 1. The molecule has 0 atom stereocenters. The quantitative estimate of drug-likeness (QED) is 0.620. The molecule has 0 saturated carbocycles. The van der Waals surface area contributed by atoms with E-state index in [0.29, 0.717) is 13.0 Å². The van der Waals surface area contributed by atoms with Gasteiger partial charge in [0.1, 0.15) is 0 Å². The molecule has 0 amide bonds. The Morgan fingerprint density at radius 2 is 2.11 bits per heavy atom. The molecular weight excluding hydrogens is 138 g/mol. The van der Waals surface area contributed by atoms with E-state index in [1.54, 1.807) is 6.92 Å². The van der Waals surface area contributed by atoms with Crippen LogP contribution in [0, 0.1) is 6.92 Å². The second kappa shape index (κ2) is 3.85. The predicted octanol–water partition coefficient (Wildman–Crippen LogP) is 0.150. The third-order valence-corrected chi connectivity index (χ3v) is 2.33. The zero-order valence-electron chi connectivity index (χ0n) is 5.55. The summed E-state index contributed by atoms with van der Waals surface area (Å²) in [6.07, 6.45) is 0.426. The molecular formula is C5H12NO2S. The van der Waals surface area contributed by atoms with E-state index in [9.17, 15) is 8.42 Å². The van der Waals surface area contributed by atoms with E-state index in [0.717, 1.165) is 0 Å². The maximum Gasteiger partial charge on any atom is 0.211 e. The van der Waals surface area contributed by atoms with Crippen LogP contribution in [0.4, 0.5) is 0 Å². The first-order chi connectivity index (χ1) is 4.12. The molecule has 4 heteroatoms. The summed E-state index contributed by atoms with van der Waals surface area (Å²) in [5.74, 6) is 0.126. The average Bonchev–Trinajstić information content (AvgIpc) is 1.64. The standard InChI is InChI=1S/C5H12NO2S/c1-3-5-9(7,8)6-4-2/h6H,1,3-5H2,2H3. The second-order valence-electron chi connectivity index (χ2n) is 1.67. The number of rotatable bonds is 4. The highest BCUT2D eigenvalue weighted by molar-refractivity contribution is 7.89. The summed E-state index contributed by atoms with van der Waals surface area (Å²) in [6.45, 7) is 5.65. The highest BCUT2D eigenvalue weighted by Crippen LogP contribution is 1.85. The maximum absolute atomic E-state index is 10.7. The number of hydrogen-bond donors (Lipinski definition) is 1. The average molecular weight is 150 g/mol. The van der Waals surface area contributed by atoms with Crippen molar-refractivity contribution in [3.8, 4) is 0 Å². The van der Waals surface area contributed by atoms with Gasteiger partial charge in [-0.1, -0.05) is 13.8 Å². The normalized spacial score (nSPS) is 11.8. The highest BCUT2D eigenvalue weighted by atomic mass is 32.2. The van der Waals surface area contributed by atoms with Crippen LogP contribution in [0.2, 0.25) is 0 Å². The Bertz CT molecular complexity index is 138. The molecule has 0 fully saturated rings. The van der Waals surface area contributed by atoms with E-state index in [-0.39, 0.29) is 5.75 Å². The van der Waals surface area contributed by atoms with Crippen molar-refractivity contribution >= 4 is 10.0 Å². The van der Waals surface area contributed by atoms with Gasteiger partial charge < -0.3 is 0 Å². The zero-order valence-corrected chi connectivity index (χ0v) is 6.37. The third-order valence-electron chi connectivity index (χ3n) is 0.777. The van der Waals surface area contributed by atoms with Crippen LogP contribution in [-0.2, 0) is 10.0 Å². The SMILES string of the molecule is [CH2]CCS(=O)(=O)NCC. The van der Waals surface area contributed by atoms with E-state index in [4.69, 9.17) is 0 Å². The molecule has 1 N–H and O–H groups in total. The zero-order chi connectivity index (χ0) is 7.33. The van der Waals surface area contributed by atoms with Gasteiger partial charge in [-0.25, -0.2) is 13.1 Å². The lowest BCUT2D eigenvalue weighted by atomic mass is 10.6. The van der Waals surface area contributed by atoms with Crippen molar-refractivity contribution < 1.29 is 8.42 Å². The molecule has 0 heterocycles. The van der Waals surface area contributed by atoms with Crippen molar-refractivity contribution in [1.82, 2.24) is 4.72 Å². The van der Waals surface area contributed by atoms with E-state index < -0.39 is 10.0 Å². The van der Waals surface area contributed by atoms with Crippen molar-refractivity contribution in [1.29, 1.82) is 0 Å². The predicted molar refractivity (Wildman–Crippen MR) is 37.4 cm³/mol. The van der Waals surface area contributed by atoms with E-state index in [1.165, 1.54) is 0 Å². The Kier molecular flexibility index (Phi) is 3.81. The van der Waals surface area contributed by atoms with Crippen LogP contribution in [0.5, 0.6) is 0 Å².